The monoisotopic (exact) mass is 444 g/mol. The molecule has 116 valence electrons. The third kappa shape index (κ3) is 3.99. The van der Waals surface area contributed by atoms with Crippen LogP contribution in [0.5, 0.6) is 0 Å². The van der Waals surface area contributed by atoms with Gasteiger partial charge in [-0.2, -0.15) is 12.7 Å². The van der Waals surface area contributed by atoms with E-state index in [1.54, 1.807) is 18.2 Å². The lowest BCUT2D eigenvalue weighted by Gasteiger charge is -2.32. The second kappa shape index (κ2) is 6.67. The highest BCUT2D eigenvalue weighted by atomic mass is 127. The molecule has 1 saturated heterocycles. The molecule has 6 nitrogen and oxygen atoms in total. The number of benzene rings is 1. The van der Waals surface area contributed by atoms with E-state index >= 15 is 0 Å². The van der Waals surface area contributed by atoms with Gasteiger partial charge >= 0.3 is 16.2 Å². The van der Waals surface area contributed by atoms with Gasteiger partial charge in [0.05, 0.1) is 5.69 Å². The molecular formula is C12H14ClIN2O4S. The molecule has 1 aromatic rings. The molecule has 0 bridgehead atoms. The SMILES string of the molecule is O=C(O)C1CCCCN1S(=O)(=O)Nc1ccc(Cl)cc1I. The van der Waals surface area contributed by atoms with Crippen LogP contribution in [0.4, 0.5) is 5.69 Å². The van der Waals surface area contributed by atoms with Gasteiger partial charge in [-0.05, 0) is 60.1 Å². The molecule has 0 radical (unpaired) electrons. The summed E-state index contributed by atoms with van der Waals surface area (Å²) in [6.07, 6.45) is 1.69. The summed E-state index contributed by atoms with van der Waals surface area (Å²) in [5.41, 5.74) is 0.384. The maximum atomic E-state index is 12.4. The molecule has 0 aromatic heterocycles. The molecule has 1 fully saturated rings. The normalized spacial score (nSPS) is 20.2. The largest absolute Gasteiger partial charge is 0.480 e. The Morgan fingerprint density at radius 1 is 1.43 bits per heavy atom. The zero-order valence-electron chi connectivity index (χ0n) is 10.9. The molecule has 0 aliphatic carbocycles. The van der Waals surface area contributed by atoms with Crippen LogP contribution in [0.15, 0.2) is 18.2 Å². The summed E-state index contributed by atoms with van der Waals surface area (Å²) < 4.78 is 28.9. The number of rotatable bonds is 4. The van der Waals surface area contributed by atoms with Gasteiger partial charge < -0.3 is 5.11 Å². The molecule has 1 unspecified atom stereocenters. The average molecular weight is 445 g/mol. The molecular weight excluding hydrogens is 431 g/mol. The Balaban J connectivity index is 2.26. The van der Waals surface area contributed by atoms with Gasteiger partial charge in [0.15, 0.2) is 0 Å². The van der Waals surface area contributed by atoms with Crippen molar-refractivity contribution in [3.63, 3.8) is 0 Å². The van der Waals surface area contributed by atoms with E-state index in [0.717, 1.165) is 4.31 Å². The van der Waals surface area contributed by atoms with E-state index in [0.29, 0.717) is 33.5 Å². The third-order valence-corrected chi connectivity index (χ3v) is 5.88. The molecule has 0 saturated carbocycles. The molecule has 1 aromatic carbocycles. The number of anilines is 1. The Bertz CT molecular complexity index is 653. The third-order valence-electron chi connectivity index (χ3n) is 3.22. The van der Waals surface area contributed by atoms with Crippen LogP contribution in [0.25, 0.3) is 0 Å². The van der Waals surface area contributed by atoms with E-state index in [-0.39, 0.29) is 6.54 Å². The van der Waals surface area contributed by atoms with E-state index in [2.05, 4.69) is 4.72 Å². The highest BCUT2D eigenvalue weighted by molar-refractivity contribution is 14.1. The fourth-order valence-electron chi connectivity index (χ4n) is 2.21. The lowest BCUT2D eigenvalue weighted by Crippen LogP contribution is -2.50. The summed E-state index contributed by atoms with van der Waals surface area (Å²) in [5, 5.41) is 9.68. The minimum atomic E-state index is -3.91. The minimum absolute atomic E-state index is 0.205. The molecule has 0 amide bonds. The van der Waals surface area contributed by atoms with Gasteiger partial charge in [-0.3, -0.25) is 9.52 Å². The van der Waals surface area contributed by atoms with Crippen LogP contribution in [-0.4, -0.2) is 36.4 Å². The first-order valence-corrected chi connectivity index (χ1v) is 9.18. The van der Waals surface area contributed by atoms with Crippen molar-refractivity contribution in [1.82, 2.24) is 4.31 Å². The zero-order valence-corrected chi connectivity index (χ0v) is 14.7. The summed E-state index contributed by atoms with van der Waals surface area (Å²) in [4.78, 5) is 11.2. The number of piperidine rings is 1. The number of hydrogen-bond acceptors (Lipinski definition) is 3. The number of nitrogens with zero attached hydrogens (tertiary/aromatic N) is 1. The molecule has 1 aliphatic rings. The molecule has 21 heavy (non-hydrogen) atoms. The summed E-state index contributed by atoms with van der Waals surface area (Å²) >= 11 is 7.80. The van der Waals surface area contributed by atoms with Gasteiger partial charge in [0.2, 0.25) is 0 Å². The average Bonchev–Trinajstić information content (AvgIpc) is 2.42. The summed E-state index contributed by atoms with van der Waals surface area (Å²) in [6, 6.07) is 3.75. The smallest absolute Gasteiger partial charge is 0.322 e. The van der Waals surface area contributed by atoms with Gasteiger partial charge in [-0.15, -0.1) is 0 Å². The van der Waals surface area contributed by atoms with Crippen molar-refractivity contribution in [2.45, 2.75) is 25.3 Å². The van der Waals surface area contributed by atoms with Crippen molar-refractivity contribution >= 4 is 56.1 Å². The van der Waals surface area contributed by atoms with Crippen LogP contribution in [-0.2, 0) is 15.0 Å². The second-order valence-corrected chi connectivity index (χ2v) is 7.91. The van der Waals surface area contributed by atoms with Crippen LogP contribution >= 0.6 is 34.2 Å². The predicted octanol–water partition coefficient (Wildman–Crippen LogP) is 2.54. The summed E-state index contributed by atoms with van der Waals surface area (Å²) in [7, 11) is -3.91. The number of hydrogen-bond donors (Lipinski definition) is 2. The lowest BCUT2D eigenvalue weighted by molar-refractivity contribution is -0.142. The van der Waals surface area contributed by atoms with Gasteiger partial charge in [0, 0.05) is 15.1 Å². The van der Waals surface area contributed by atoms with Gasteiger partial charge in [-0.1, -0.05) is 11.6 Å². The van der Waals surface area contributed by atoms with Gasteiger partial charge in [0.25, 0.3) is 0 Å². The van der Waals surface area contributed by atoms with Crippen molar-refractivity contribution in [3.8, 4) is 0 Å². The van der Waals surface area contributed by atoms with E-state index < -0.39 is 22.2 Å². The fraction of sp³-hybridized carbons (Fsp3) is 0.417. The van der Waals surface area contributed by atoms with Crippen LogP contribution in [0.3, 0.4) is 0 Å². The molecule has 1 heterocycles. The molecule has 2 N–H and O–H groups in total. The van der Waals surface area contributed by atoms with Gasteiger partial charge in [0.1, 0.15) is 6.04 Å². The molecule has 2 rings (SSSR count). The fourth-order valence-corrected chi connectivity index (χ4v) is 4.87. The van der Waals surface area contributed by atoms with E-state index in [1.165, 1.54) is 0 Å². The maximum absolute atomic E-state index is 12.4. The van der Waals surface area contributed by atoms with Crippen molar-refractivity contribution < 1.29 is 18.3 Å². The number of aliphatic carboxylic acids is 1. The second-order valence-electron chi connectivity index (χ2n) is 4.69. The van der Waals surface area contributed by atoms with E-state index in [1.807, 2.05) is 22.6 Å². The molecule has 9 heteroatoms. The number of halogens is 2. The summed E-state index contributed by atoms with van der Waals surface area (Å²) in [6.45, 7) is 0.205. The first-order valence-electron chi connectivity index (χ1n) is 6.29. The molecule has 1 atom stereocenters. The number of carboxylic acids is 1. The molecule has 0 spiro atoms. The quantitative estimate of drug-likeness (QED) is 0.699. The van der Waals surface area contributed by atoms with Crippen LogP contribution in [0, 0.1) is 3.57 Å². The Kier molecular flexibility index (Phi) is 5.33. The zero-order chi connectivity index (χ0) is 15.6. The minimum Gasteiger partial charge on any atom is -0.480 e. The van der Waals surface area contributed by atoms with Gasteiger partial charge in [-0.25, -0.2) is 0 Å². The standard InChI is InChI=1S/C12H14ClIN2O4S/c13-8-4-5-10(9(14)7-8)15-21(19,20)16-6-2-1-3-11(16)12(17)18/h4-5,7,11,15H,1-3,6H2,(H,17,18). The van der Waals surface area contributed by atoms with Crippen molar-refractivity contribution in [2.75, 3.05) is 11.3 Å². The van der Waals surface area contributed by atoms with E-state index in [9.17, 15) is 18.3 Å². The summed E-state index contributed by atoms with van der Waals surface area (Å²) in [5.74, 6) is -1.12. The van der Waals surface area contributed by atoms with Crippen LogP contribution in [0.2, 0.25) is 5.02 Å². The van der Waals surface area contributed by atoms with Crippen LogP contribution < -0.4 is 4.72 Å². The number of carboxylic acid groups (broad SMARTS) is 1. The maximum Gasteiger partial charge on any atom is 0.322 e. The number of carbonyl (C=O) groups is 1. The molecule has 1 aliphatic heterocycles. The Morgan fingerprint density at radius 3 is 2.76 bits per heavy atom. The topological polar surface area (TPSA) is 86.7 Å². The first-order chi connectivity index (χ1) is 9.81. The Hall–Kier alpha value is -0.580. The lowest BCUT2D eigenvalue weighted by atomic mass is 10.1. The highest BCUT2D eigenvalue weighted by Gasteiger charge is 2.36. The predicted molar refractivity (Wildman–Crippen MR) is 88.7 cm³/mol. The van der Waals surface area contributed by atoms with E-state index in [4.69, 9.17) is 11.6 Å². The van der Waals surface area contributed by atoms with Crippen molar-refractivity contribution in [1.29, 1.82) is 0 Å². The van der Waals surface area contributed by atoms with Crippen LogP contribution in [0.1, 0.15) is 19.3 Å². The van der Waals surface area contributed by atoms with Crippen molar-refractivity contribution in [3.05, 3.63) is 26.8 Å². The Labute approximate surface area is 141 Å². The first kappa shape index (κ1) is 16.8. The Morgan fingerprint density at radius 2 is 2.14 bits per heavy atom. The highest BCUT2D eigenvalue weighted by Crippen LogP contribution is 2.26. The van der Waals surface area contributed by atoms with Crippen molar-refractivity contribution in [2.24, 2.45) is 0 Å². The number of nitrogens with one attached hydrogen (secondary N) is 1.